The molecule has 1 aromatic carbocycles. The van der Waals surface area contributed by atoms with E-state index in [0.29, 0.717) is 12.8 Å². The number of benzene rings is 1. The Bertz CT molecular complexity index is 844. The summed E-state index contributed by atoms with van der Waals surface area (Å²) in [7, 11) is -3.11. The third kappa shape index (κ3) is 5.27. The van der Waals surface area contributed by atoms with Gasteiger partial charge in [-0.3, -0.25) is 9.59 Å². The molecule has 2 fully saturated rings. The Labute approximate surface area is 174 Å². The lowest BCUT2D eigenvalue weighted by Crippen LogP contribution is -2.35. The third-order valence-electron chi connectivity index (χ3n) is 6.39. The molecule has 0 unspecified atom stereocenters. The van der Waals surface area contributed by atoms with Crippen molar-refractivity contribution >= 4 is 27.2 Å². The molecule has 0 spiro atoms. The van der Waals surface area contributed by atoms with E-state index in [2.05, 4.69) is 0 Å². The van der Waals surface area contributed by atoms with Crippen LogP contribution in [0.3, 0.4) is 0 Å². The van der Waals surface area contributed by atoms with Gasteiger partial charge < -0.3 is 4.90 Å². The monoisotopic (exact) mass is 419 g/mol. The van der Waals surface area contributed by atoms with Crippen LogP contribution in [0.2, 0.25) is 0 Å². The molecule has 0 aromatic heterocycles. The first-order chi connectivity index (χ1) is 13.6. The molecule has 0 atom stereocenters. The van der Waals surface area contributed by atoms with Gasteiger partial charge in [0, 0.05) is 31.0 Å². The second kappa shape index (κ2) is 8.58. The van der Waals surface area contributed by atoms with E-state index in [1.807, 2.05) is 24.3 Å². The average molecular weight is 420 g/mol. The van der Waals surface area contributed by atoms with Crippen molar-refractivity contribution in [2.24, 2.45) is 11.8 Å². The molecular formula is C23H33NO4S. The Kier molecular flexibility index (Phi) is 6.51. The topological polar surface area (TPSA) is 71.5 Å². The van der Waals surface area contributed by atoms with Gasteiger partial charge in [-0.05, 0) is 76.5 Å². The molecule has 1 heterocycles. The van der Waals surface area contributed by atoms with E-state index in [4.69, 9.17) is 0 Å². The number of Topliss-reactive ketones (excluding diaryl/α,β-unsaturated/α-hetero) is 1. The van der Waals surface area contributed by atoms with E-state index in [9.17, 15) is 18.0 Å². The summed E-state index contributed by atoms with van der Waals surface area (Å²) in [5.74, 6) is 0.837. The minimum Gasteiger partial charge on any atom is -0.312 e. The summed E-state index contributed by atoms with van der Waals surface area (Å²) in [6, 6.07) is 7.75. The van der Waals surface area contributed by atoms with Crippen molar-refractivity contribution < 1.29 is 18.0 Å². The molecule has 0 N–H and O–H groups in total. The summed E-state index contributed by atoms with van der Waals surface area (Å²) in [6.45, 7) is 6.03. The molecule has 0 radical (unpaired) electrons. The Hall–Kier alpha value is -1.69. The number of sulfone groups is 1. The van der Waals surface area contributed by atoms with Crippen LogP contribution in [-0.2, 0) is 25.8 Å². The molecule has 1 saturated carbocycles. The molecule has 3 rings (SSSR count). The highest BCUT2D eigenvalue weighted by atomic mass is 32.2. The van der Waals surface area contributed by atoms with Crippen molar-refractivity contribution in [1.82, 2.24) is 0 Å². The zero-order chi connectivity index (χ0) is 21.2. The molecule has 2 aliphatic rings. The first-order valence-electron chi connectivity index (χ1n) is 10.7. The van der Waals surface area contributed by atoms with E-state index < -0.39 is 14.6 Å². The third-order valence-corrected chi connectivity index (χ3v) is 9.17. The van der Waals surface area contributed by atoms with Crippen molar-refractivity contribution in [2.45, 2.75) is 70.5 Å². The van der Waals surface area contributed by atoms with Gasteiger partial charge in [0.15, 0.2) is 9.84 Å². The molecule has 1 amide bonds. The van der Waals surface area contributed by atoms with Gasteiger partial charge in [0.1, 0.15) is 5.78 Å². The van der Waals surface area contributed by atoms with Crippen LogP contribution in [0, 0.1) is 11.8 Å². The fourth-order valence-corrected chi connectivity index (χ4v) is 5.73. The number of ketones is 1. The summed E-state index contributed by atoms with van der Waals surface area (Å²) in [5, 5.41) is 0. The van der Waals surface area contributed by atoms with Crippen molar-refractivity contribution in [3.8, 4) is 0 Å². The maximum atomic E-state index is 12.7. The highest BCUT2D eigenvalue weighted by Crippen LogP contribution is 2.33. The van der Waals surface area contributed by atoms with Gasteiger partial charge >= 0.3 is 0 Å². The van der Waals surface area contributed by atoms with Crippen LogP contribution in [0.1, 0.15) is 64.9 Å². The lowest BCUT2D eigenvalue weighted by molar-refractivity contribution is -0.123. The van der Waals surface area contributed by atoms with Gasteiger partial charge in [-0.2, -0.15) is 0 Å². The fraction of sp³-hybridized carbons (Fsp3) is 0.652. The number of amides is 1. The normalized spacial score (nSPS) is 23.4. The molecule has 1 aliphatic heterocycles. The average Bonchev–Trinajstić information content (AvgIpc) is 3.07. The number of hydrogen-bond donors (Lipinski definition) is 0. The van der Waals surface area contributed by atoms with Crippen LogP contribution < -0.4 is 4.90 Å². The zero-order valence-electron chi connectivity index (χ0n) is 17.8. The van der Waals surface area contributed by atoms with Crippen LogP contribution >= 0.6 is 0 Å². The molecule has 160 valence electrons. The number of carbonyl (C=O) groups excluding carboxylic acids is 2. The highest BCUT2D eigenvalue weighted by Gasteiger charge is 2.34. The van der Waals surface area contributed by atoms with Crippen LogP contribution in [-0.4, -0.2) is 37.2 Å². The standard InChI is InChI=1S/C23H33NO4S/c1-23(2,3)29(27,28)16-18-6-10-19(11-7-18)21(25)15-17-8-12-20(13-9-17)24-14-4-5-22(24)26/h8-9,12-13,18-19H,4-7,10-11,14-16H2,1-3H3. The number of carbonyl (C=O) groups is 2. The number of rotatable bonds is 6. The van der Waals surface area contributed by atoms with Gasteiger partial charge in [-0.25, -0.2) is 8.42 Å². The Morgan fingerprint density at radius 1 is 1.07 bits per heavy atom. The van der Waals surface area contributed by atoms with Gasteiger partial charge in [-0.15, -0.1) is 0 Å². The first-order valence-corrected chi connectivity index (χ1v) is 12.4. The molecule has 6 heteroatoms. The Balaban J connectivity index is 1.50. The van der Waals surface area contributed by atoms with Gasteiger partial charge in [-0.1, -0.05) is 12.1 Å². The van der Waals surface area contributed by atoms with Crippen LogP contribution in [0.5, 0.6) is 0 Å². The molecule has 0 bridgehead atoms. The maximum absolute atomic E-state index is 12.7. The van der Waals surface area contributed by atoms with E-state index in [0.717, 1.165) is 49.9 Å². The SMILES string of the molecule is CC(C)(C)S(=O)(=O)CC1CCC(C(=O)Cc2ccc(N3CCCC3=O)cc2)CC1. The lowest BCUT2D eigenvalue weighted by Gasteiger charge is -2.30. The van der Waals surface area contributed by atoms with E-state index in [1.54, 1.807) is 25.7 Å². The van der Waals surface area contributed by atoms with E-state index in [1.165, 1.54) is 0 Å². The molecule has 1 aromatic rings. The van der Waals surface area contributed by atoms with Gasteiger partial charge in [0.2, 0.25) is 5.91 Å². The second-order valence-corrected chi connectivity index (χ2v) is 12.4. The molecule has 29 heavy (non-hydrogen) atoms. The quantitative estimate of drug-likeness (QED) is 0.700. The molecule has 1 aliphatic carbocycles. The Morgan fingerprint density at radius 2 is 1.69 bits per heavy atom. The minimum absolute atomic E-state index is 0.0310. The lowest BCUT2D eigenvalue weighted by atomic mass is 9.79. The molecule has 1 saturated heterocycles. The summed E-state index contributed by atoms with van der Waals surface area (Å²) in [4.78, 5) is 26.4. The summed E-state index contributed by atoms with van der Waals surface area (Å²) >= 11 is 0. The first kappa shape index (κ1) is 22.0. The van der Waals surface area contributed by atoms with Gasteiger partial charge in [0.25, 0.3) is 0 Å². The predicted molar refractivity (Wildman–Crippen MR) is 116 cm³/mol. The summed E-state index contributed by atoms with van der Waals surface area (Å²) in [5.41, 5.74) is 1.88. The maximum Gasteiger partial charge on any atom is 0.227 e. The van der Waals surface area contributed by atoms with Crippen LogP contribution in [0.25, 0.3) is 0 Å². The second-order valence-electron chi connectivity index (χ2n) is 9.57. The number of anilines is 1. The van der Waals surface area contributed by atoms with E-state index in [-0.39, 0.29) is 29.3 Å². The summed E-state index contributed by atoms with van der Waals surface area (Å²) in [6.07, 6.45) is 5.10. The fourth-order valence-electron chi connectivity index (χ4n) is 4.27. The van der Waals surface area contributed by atoms with Crippen molar-refractivity contribution in [2.75, 3.05) is 17.2 Å². The Morgan fingerprint density at radius 3 is 2.21 bits per heavy atom. The van der Waals surface area contributed by atoms with Crippen molar-refractivity contribution in [3.05, 3.63) is 29.8 Å². The molecule has 5 nitrogen and oxygen atoms in total. The van der Waals surface area contributed by atoms with E-state index >= 15 is 0 Å². The van der Waals surface area contributed by atoms with Crippen LogP contribution in [0.15, 0.2) is 24.3 Å². The molecular weight excluding hydrogens is 386 g/mol. The highest BCUT2D eigenvalue weighted by molar-refractivity contribution is 7.92. The van der Waals surface area contributed by atoms with Gasteiger partial charge in [0.05, 0.1) is 10.5 Å². The number of nitrogens with zero attached hydrogens (tertiary/aromatic N) is 1. The van der Waals surface area contributed by atoms with Crippen molar-refractivity contribution in [1.29, 1.82) is 0 Å². The summed E-state index contributed by atoms with van der Waals surface area (Å²) < 4.78 is 24.1. The predicted octanol–water partition coefficient (Wildman–Crippen LogP) is 3.94. The minimum atomic E-state index is -3.11. The smallest absolute Gasteiger partial charge is 0.227 e. The largest absolute Gasteiger partial charge is 0.312 e. The zero-order valence-corrected chi connectivity index (χ0v) is 18.6. The van der Waals surface area contributed by atoms with Crippen molar-refractivity contribution in [3.63, 3.8) is 0 Å². The van der Waals surface area contributed by atoms with Crippen LogP contribution in [0.4, 0.5) is 5.69 Å². The number of hydrogen-bond acceptors (Lipinski definition) is 4.